The summed E-state index contributed by atoms with van der Waals surface area (Å²) in [6, 6.07) is 5.08. The third-order valence-corrected chi connectivity index (χ3v) is 9.04. The second kappa shape index (κ2) is 14.3. The van der Waals surface area contributed by atoms with Crippen LogP contribution in [0, 0.1) is 17.8 Å². The van der Waals surface area contributed by atoms with E-state index in [0.717, 1.165) is 0 Å². The zero-order valence-electron chi connectivity index (χ0n) is 25.7. The van der Waals surface area contributed by atoms with Crippen LogP contribution >= 0.6 is 11.6 Å². The third-order valence-electron chi connectivity index (χ3n) is 8.79. The molecule has 3 aliphatic rings. The van der Waals surface area contributed by atoms with Gasteiger partial charge < -0.3 is 29.7 Å². The molecule has 1 spiro atoms. The summed E-state index contributed by atoms with van der Waals surface area (Å²) in [7, 11) is 0. The lowest BCUT2D eigenvalue weighted by Crippen LogP contribution is -2.59. The Morgan fingerprint density at radius 1 is 1.23 bits per heavy atom. The van der Waals surface area contributed by atoms with Crippen molar-refractivity contribution in [3.05, 3.63) is 54.6 Å². The van der Waals surface area contributed by atoms with E-state index < -0.39 is 53.6 Å². The van der Waals surface area contributed by atoms with Crippen molar-refractivity contribution in [2.24, 2.45) is 17.8 Å². The minimum absolute atomic E-state index is 0.120. The van der Waals surface area contributed by atoms with Gasteiger partial charge in [0, 0.05) is 23.7 Å². The van der Waals surface area contributed by atoms with Gasteiger partial charge in [-0.15, -0.1) is 13.2 Å². The molecule has 11 heteroatoms. The summed E-state index contributed by atoms with van der Waals surface area (Å²) < 4.78 is 12.3. The van der Waals surface area contributed by atoms with Crippen LogP contribution in [0.2, 0.25) is 5.02 Å². The van der Waals surface area contributed by atoms with Gasteiger partial charge in [0.1, 0.15) is 17.7 Å². The highest BCUT2D eigenvalue weighted by atomic mass is 35.5. The SMILES string of the molecule is C=CCCC(=O)NC[C@H](C)OC(=O)[C@@H]1[C@H]2C(=O)N([C@@H](CO)CC(C)C)[C@H](C(=O)N(CC=C)c3ccc(Cl)cc3)[C@]23CC[C@H]1O3. The molecule has 7 atom stereocenters. The maximum absolute atomic E-state index is 14.6. The fourth-order valence-electron chi connectivity index (χ4n) is 6.97. The number of allylic oxidation sites excluding steroid dienone is 1. The number of aliphatic hydroxyl groups is 1. The molecule has 1 aromatic carbocycles. The Bertz CT molecular complexity index is 1250. The first-order chi connectivity index (χ1) is 21.0. The van der Waals surface area contributed by atoms with E-state index in [4.69, 9.17) is 21.1 Å². The number of benzene rings is 1. The molecule has 2 N–H and O–H groups in total. The van der Waals surface area contributed by atoms with Crippen LogP contribution in [0.3, 0.4) is 0 Å². The number of nitrogens with zero attached hydrogens (tertiary/aromatic N) is 2. The van der Waals surface area contributed by atoms with Crippen molar-refractivity contribution in [1.29, 1.82) is 0 Å². The lowest BCUT2D eigenvalue weighted by atomic mass is 9.70. The maximum Gasteiger partial charge on any atom is 0.312 e. The van der Waals surface area contributed by atoms with E-state index in [2.05, 4.69) is 18.5 Å². The summed E-state index contributed by atoms with van der Waals surface area (Å²) in [5, 5.41) is 13.8. The van der Waals surface area contributed by atoms with Gasteiger partial charge in [-0.05, 0) is 62.8 Å². The van der Waals surface area contributed by atoms with E-state index in [-0.39, 0.29) is 43.8 Å². The molecule has 4 rings (SSSR count). The second-order valence-corrected chi connectivity index (χ2v) is 12.8. The van der Waals surface area contributed by atoms with Crippen LogP contribution in [0.4, 0.5) is 5.69 Å². The van der Waals surface area contributed by atoms with Crippen molar-refractivity contribution in [1.82, 2.24) is 10.2 Å². The lowest BCUT2D eigenvalue weighted by Gasteiger charge is -2.39. The average molecular weight is 630 g/mol. The number of halogens is 1. The Labute approximate surface area is 264 Å². The molecule has 0 aliphatic carbocycles. The summed E-state index contributed by atoms with van der Waals surface area (Å²) in [4.78, 5) is 57.7. The van der Waals surface area contributed by atoms with Crippen molar-refractivity contribution in [3.63, 3.8) is 0 Å². The number of fused-ring (bicyclic) bond motifs is 1. The van der Waals surface area contributed by atoms with Crippen LogP contribution in [-0.2, 0) is 28.7 Å². The molecule has 1 aromatic rings. The van der Waals surface area contributed by atoms with E-state index in [9.17, 15) is 24.3 Å². The van der Waals surface area contributed by atoms with Crippen LogP contribution in [0.5, 0.6) is 0 Å². The predicted octanol–water partition coefficient (Wildman–Crippen LogP) is 3.65. The number of esters is 1. The van der Waals surface area contributed by atoms with Crippen molar-refractivity contribution in [2.45, 2.75) is 82.8 Å². The van der Waals surface area contributed by atoms with Crippen LogP contribution in [-0.4, -0.2) is 83.3 Å². The Balaban J connectivity index is 1.66. The standard InChI is InChI=1S/C33H44ClN3O7/c1-6-8-9-26(39)35-18-21(5)43-32(42)27-25-14-15-33(44-25)28(27)30(40)37(24(19-38)17-20(3)4)29(33)31(41)36(16-7-2)23-12-10-22(34)11-13-23/h6-7,10-13,20-21,24-25,27-29,38H,1-2,8-9,14-19H2,3-5H3,(H,35,39)/t21-,24+,25+,27-,28-,29+,33-/m0/s1. The molecular formula is C33H44ClN3O7. The number of likely N-dealkylation sites (tertiary alicyclic amines) is 1. The highest BCUT2D eigenvalue weighted by molar-refractivity contribution is 6.30. The molecule has 3 fully saturated rings. The van der Waals surface area contributed by atoms with Crippen molar-refractivity contribution >= 4 is 41.0 Å². The van der Waals surface area contributed by atoms with Crippen LogP contribution in [0.1, 0.15) is 52.9 Å². The van der Waals surface area contributed by atoms with Gasteiger partial charge in [0.2, 0.25) is 11.8 Å². The average Bonchev–Trinajstić information content (AvgIpc) is 3.64. The largest absolute Gasteiger partial charge is 0.460 e. The highest BCUT2D eigenvalue weighted by Gasteiger charge is 2.75. The van der Waals surface area contributed by atoms with Crippen molar-refractivity contribution < 1.29 is 33.8 Å². The van der Waals surface area contributed by atoms with E-state index in [1.807, 2.05) is 13.8 Å². The molecule has 3 aliphatic heterocycles. The van der Waals surface area contributed by atoms with Gasteiger partial charge in [-0.3, -0.25) is 19.2 Å². The molecule has 3 saturated heterocycles. The van der Waals surface area contributed by atoms with Gasteiger partial charge in [-0.25, -0.2) is 0 Å². The number of nitrogens with one attached hydrogen (secondary N) is 1. The minimum Gasteiger partial charge on any atom is -0.460 e. The Kier molecular flexibility index (Phi) is 10.9. The first-order valence-electron chi connectivity index (χ1n) is 15.4. The smallest absolute Gasteiger partial charge is 0.312 e. The molecule has 10 nitrogen and oxygen atoms in total. The maximum atomic E-state index is 14.6. The number of hydrogen-bond acceptors (Lipinski definition) is 7. The molecule has 2 bridgehead atoms. The third kappa shape index (κ3) is 6.57. The Morgan fingerprint density at radius 3 is 2.55 bits per heavy atom. The first kappa shape index (κ1) is 33.7. The quantitative estimate of drug-likeness (QED) is 0.224. The van der Waals surface area contributed by atoms with Gasteiger partial charge in [0.05, 0.1) is 37.1 Å². The van der Waals surface area contributed by atoms with E-state index >= 15 is 0 Å². The molecule has 3 amide bonds. The zero-order valence-corrected chi connectivity index (χ0v) is 26.5. The van der Waals surface area contributed by atoms with E-state index in [1.54, 1.807) is 43.3 Å². The number of hydrogen-bond donors (Lipinski definition) is 2. The van der Waals surface area contributed by atoms with Crippen LogP contribution < -0.4 is 10.2 Å². The van der Waals surface area contributed by atoms with Gasteiger partial charge >= 0.3 is 5.97 Å². The molecule has 3 heterocycles. The molecule has 44 heavy (non-hydrogen) atoms. The molecule has 0 unspecified atom stereocenters. The summed E-state index contributed by atoms with van der Waals surface area (Å²) in [6.07, 6.45) is 4.18. The predicted molar refractivity (Wildman–Crippen MR) is 167 cm³/mol. The molecular weight excluding hydrogens is 586 g/mol. The highest BCUT2D eigenvalue weighted by Crippen LogP contribution is 2.59. The summed E-state index contributed by atoms with van der Waals surface area (Å²) in [5.74, 6) is -3.30. The van der Waals surface area contributed by atoms with Gasteiger partial charge in [-0.1, -0.05) is 37.6 Å². The Hall–Kier alpha value is -3.21. The van der Waals surface area contributed by atoms with Gasteiger partial charge in [0.25, 0.3) is 5.91 Å². The fraction of sp³-hybridized carbons (Fsp3) is 0.576. The van der Waals surface area contributed by atoms with Gasteiger partial charge in [-0.2, -0.15) is 0 Å². The van der Waals surface area contributed by atoms with Crippen molar-refractivity contribution in [2.75, 3.05) is 24.6 Å². The number of rotatable bonds is 15. The lowest BCUT2D eigenvalue weighted by molar-refractivity contribution is -0.159. The normalized spacial score (nSPS) is 26.7. The minimum atomic E-state index is -1.26. The second-order valence-electron chi connectivity index (χ2n) is 12.4. The number of carbonyl (C=O) groups is 4. The van der Waals surface area contributed by atoms with Crippen LogP contribution in [0.25, 0.3) is 0 Å². The number of aliphatic hydroxyl groups excluding tert-OH is 1. The number of amides is 3. The van der Waals surface area contributed by atoms with E-state index in [1.165, 1.54) is 9.80 Å². The Morgan fingerprint density at radius 2 is 1.93 bits per heavy atom. The monoisotopic (exact) mass is 629 g/mol. The molecule has 240 valence electrons. The number of ether oxygens (including phenoxy) is 2. The molecule has 0 aromatic heterocycles. The summed E-state index contributed by atoms with van der Waals surface area (Å²) in [5.41, 5.74) is -0.690. The summed E-state index contributed by atoms with van der Waals surface area (Å²) in [6.45, 7) is 13.0. The van der Waals surface area contributed by atoms with E-state index in [0.29, 0.717) is 36.4 Å². The number of anilines is 1. The topological polar surface area (TPSA) is 125 Å². The molecule has 0 saturated carbocycles. The fourth-order valence-corrected chi connectivity index (χ4v) is 7.10. The number of carbonyl (C=O) groups excluding carboxylic acids is 4. The van der Waals surface area contributed by atoms with Crippen LogP contribution in [0.15, 0.2) is 49.6 Å². The molecule has 0 radical (unpaired) electrons. The summed E-state index contributed by atoms with van der Waals surface area (Å²) >= 11 is 6.12. The zero-order chi connectivity index (χ0) is 32.2. The van der Waals surface area contributed by atoms with Crippen molar-refractivity contribution in [3.8, 4) is 0 Å². The van der Waals surface area contributed by atoms with Gasteiger partial charge in [0.15, 0.2) is 0 Å². The first-order valence-corrected chi connectivity index (χ1v) is 15.7.